The Kier molecular flexibility index (Phi) is 4.60. The largest absolute Gasteiger partial charge is 0.445 e. The van der Waals surface area contributed by atoms with Crippen molar-refractivity contribution in [2.45, 2.75) is 38.2 Å². The van der Waals surface area contributed by atoms with Gasteiger partial charge in [-0.25, -0.2) is 9.18 Å². The van der Waals surface area contributed by atoms with Crippen molar-refractivity contribution < 1.29 is 13.9 Å². The van der Waals surface area contributed by atoms with Gasteiger partial charge in [0.2, 0.25) is 0 Å². The highest BCUT2D eigenvalue weighted by atomic mass is 19.1. The van der Waals surface area contributed by atoms with Crippen molar-refractivity contribution in [1.29, 1.82) is 0 Å². The fraction of sp³-hybridized carbons (Fsp3) is 0.316. The van der Waals surface area contributed by atoms with Gasteiger partial charge in [0.1, 0.15) is 12.8 Å². The summed E-state index contributed by atoms with van der Waals surface area (Å²) in [5, 5.41) is 0. The minimum absolute atomic E-state index is 0.196. The number of amides is 1. The fourth-order valence-corrected chi connectivity index (χ4v) is 2.71. The summed E-state index contributed by atoms with van der Waals surface area (Å²) < 4.78 is 19.0. The number of alkyl halides is 1. The van der Waals surface area contributed by atoms with Crippen LogP contribution in [-0.4, -0.2) is 23.2 Å². The number of rotatable bonds is 5. The van der Waals surface area contributed by atoms with Gasteiger partial charge in [0.05, 0.1) is 12.1 Å². The molecule has 120 valence electrons. The molecule has 1 fully saturated rings. The first kappa shape index (κ1) is 15.5. The standard InChI is InChI=1S/C19H20FNO2/c1-14(16-10-6-3-7-11-16)21(18-12-17(18)20)19(22)23-13-15-8-4-2-5-9-15/h2-11,14,17-18H,12-13H2,1H3/t14?,17-,18+/m0/s1. The molecule has 0 heterocycles. The first-order chi connectivity index (χ1) is 11.2. The predicted octanol–water partition coefficient (Wildman–Crippen LogP) is 4.50. The molecular weight excluding hydrogens is 293 g/mol. The highest BCUT2D eigenvalue weighted by molar-refractivity contribution is 5.69. The molecule has 0 aromatic heterocycles. The Morgan fingerprint density at radius 3 is 2.30 bits per heavy atom. The lowest BCUT2D eigenvalue weighted by molar-refractivity contribution is 0.0761. The maximum atomic E-state index is 13.6. The van der Waals surface area contributed by atoms with Crippen LogP contribution in [0.15, 0.2) is 60.7 Å². The first-order valence-corrected chi connectivity index (χ1v) is 7.85. The summed E-state index contributed by atoms with van der Waals surface area (Å²) in [7, 11) is 0. The van der Waals surface area contributed by atoms with Crippen molar-refractivity contribution in [1.82, 2.24) is 4.90 Å². The maximum Gasteiger partial charge on any atom is 0.410 e. The normalized spacial score (nSPS) is 20.6. The monoisotopic (exact) mass is 313 g/mol. The predicted molar refractivity (Wildman–Crippen MR) is 86.6 cm³/mol. The first-order valence-electron chi connectivity index (χ1n) is 7.85. The summed E-state index contributed by atoms with van der Waals surface area (Å²) in [4.78, 5) is 14.0. The third-order valence-electron chi connectivity index (χ3n) is 4.15. The van der Waals surface area contributed by atoms with E-state index in [1.54, 1.807) is 0 Å². The molecule has 2 aromatic carbocycles. The van der Waals surface area contributed by atoms with Gasteiger partial charge in [-0.15, -0.1) is 0 Å². The minimum atomic E-state index is -0.953. The van der Waals surface area contributed by atoms with Gasteiger partial charge < -0.3 is 4.74 Å². The molecular formula is C19H20FNO2. The summed E-state index contributed by atoms with van der Waals surface area (Å²) in [5.41, 5.74) is 1.89. The number of carbonyl (C=O) groups is 1. The van der Waals surface area contributed by atoms with Crippen molar-refractivity contribution >= 4 is 6.09 Å². The number of carbonyl (C=O) groups excluding carboxylic acids is 1. The molecule has 0 radical (unpaired) electrons. The zero-order valence-electron chi connectivity index (χ0n) is 13.1. The topological polar surface area (TPSA) is 29.5 Å². The van der Waals surface area contributed by atoms with E-state index in [2.05, 4.69) is 0 Å². The second-order valence-corrected chi connectivity index (χ2v) is 5.85. The van der Waals surface area contributed by atoms with Crippen molar-refractivity contribution in [3.63, 3.8) is 0 Å². The van der Waals surface area contributed by atoms with Crippen molar-refractivity contribution in [2.75, 3.05) is 0 Å². The van der Waals surface area contributed by atoms with Crippen LogP contribution < -0.4 is 0 Å². The summed E-state index contributed by atoms with van der Waals surface area (Å²) in [6, 6.07) is 18.5. The Morgan fingerprint density at radius 1 is 1.17 bits per heavy atom. The van der Waals surface area contributed by atoms with Crippen LogP contribution in [-0.2, 0) is 11.3 Å². The maximum absolute atomic E-state index is 13.6. The zero-order valence-corrected chi connectivity index (χ0v) is 13.1. The van der Waals surface area contributed by atoms with E-state index in [-0.39, 0.29) is 18.7 Å². The number of halogens is 1. The van der Waals surface area contributed by atoms with Crippen LogP contribution in [0.2, 0.25) is 0 Å². The molecule has 0 N–H and O–H groups in total. The molecule has 0 aliphatic heterocycles. The molecule has 23 heavy (non-hydrogen) atoms. The van der Waals surface area contributed by atoms with Gasteiger partial charge in [-0.05, 0) is 18.1 Å². The summed E-state index contributed by atoms with van der Waals surface area (Å²) in [6.07, 6.45) is -1.03. The summed E-state index contributed by atoms with van der Waals surface area (Å²) >= 11 is 0. The van der Waals surface area contributed by atoms with Gasteiger partial charge in [-0.2, -0.15) is 0 Å². The number of hydrogen-bond acceptors (Lipinski definition) is 2. The van der Waals surface area contributed by atoms with Crippen LogP contribution in [0.5, 0.6) is 0 Å². The van der Waals surface area contributed by atoms with Crippen molar-refractivity contribution in [3.05, 3.63) is 71.8 Å². The number of benzene rings is 2. The van der Waals surface area contributed by atoms with Gasteiger partial charge in [0.15, 0.2) is 0 Å². The average molecular weight is 313 g/mol. The Labute approximate surface area is 135 Å². The Hall–Kier alpha value is -2.36. The van der Waals surface area contributed by atoms with E-state index in [9.17, 15) is 9.18 Å². The number of nitrogens with zero attached hydrogens (tertiary/aromatic N) is 1. The second kappa shape index (κ2) is 6.82. The molecule has 3 atom stereocenters. The second-order valence-electron chi connectivity index (χ2n) is 5.85. The van der Waals surface area contributed by atoms with Gasteiger partial charge in [-0.1, -0.05) is 60.7 Å². The Morgan fingerprint density at radius 2 is 1.74 bits per heavy atom. The average Bonchev–Trinajstić information content (AvgIpc) is 3.31. The van der Waals surface area contributed by atoms with Crippen LogP contribution in [0, 0.1) is 0 Å². The SMILES string of the molecule is CC(c1ccccc1)N(C(=O)OCc1ccccc1)[C@@H]1C[C@@H]1F. The Balaban J connectivity index is 1.70. The van der Waals surface area contributed by atoms with E-state index < -0.39 is 12.3 Å². The van der Waals surface area contributed by atoms with E-state index in [0.717, 1.165) is 11.1 Å². The Bertz CT molecular complexity index is 647. The molecule has 1 aliphatic rings. The lowest BCUT2D eigenvalue weighted by atomic mass is 10.1. The minimum Gasteiger partial charge on any atom is -0.445 e. The quantitative estimate of drug-likeness (QED) is 0.813. The highest BCUT2D eigenvalue weighted by Gasteiger charge is 2.47. The van der Waals surface area contributed by atoms with Crippen molar-refractivity contribution in [2.24, 2.45) is 0 Å². The molecule has 0 bridgehead atoms. The van der Waals surface area contributed by atoms with E-state index in [1.807, 2.05) is 67.6 Å². The van der Waals surface area contributed by atoms with E-state index in [0.29, 0.717) is 6.42 Å². The van der Waals surface area contributed by atoms with Crippen LogP contribution in [0.3, 0.4) is 0 Å². The summed E-state index contributed by atoms with van der Waals surface area (Å²) in [5.74, 6) is 0. The molecule has 1 aliphatic carbocycles. The molecule has 1 unspecified atom stereocenters. The molecule has 0 saturated heterocycles. The van der Waals surface area contributed by atoms with E-state index >= 15 is 0 Å². The van der Waals surface area contributed by atoms with Gasteiger partial charge in [0, 0.05) is 6.42 Å². The van der Waals surface area contributed by atoms with Crippen LogP contribution in [0.1, 0.15) is 30.5 Å². The summed E-state index contributed by atoms with van der Waals surface area (Å²) in [6.45, 7) is 2.10. The zero-order chi connectivity index (χ0) is 16.2. The van der Waals surface area contributed by atoms with E-state index in [4.69, 9.17) is 4.74 Å². The van der Waals surface area contributed by atoms with Gasteiger partial charge >= 0.3 is 6.09 Å². The molecule has 3 rings (SSSR count). The van der Waals surface area contributed by atoms with Crippen LogP contribution in [0.25, 0.3) is 0 Å². The third-order valence-corrected chi connectivity index (χ3v) is 4.15. The van der Waals surface area contributed by atoms with E-state index in [1.165, 1.54) is 4.90 Å². The number of ether oxygens (including phenoxy) is 1. The van der Waals surface area contributed by atoms with Gasteiger partial charge in [-0.3, -0.25) is 4.90 Å². The third kappa shape index (κ3) is 3.70. The molecule has 2 aromatic rings. The molecule has 1 amide bonds. The van der Waals surface area contributed by atoms with Gasteiger partial charge in [0.25, 0.3) is 0 Å². The van der Waals surface area contributed by atoms with Crippen LogP contribution in [0.4, 0.5) is 9.18 Å². The van der Waals surface area contributed by atoms with Crippen molar-refractivity contribution in [3.8, 4) is 0 Å². The lowest BCUT2D eigenvalue weighted by Gasteiger charge is -2.28. The molecule has 0 spiro atoms. The fourth-order valence-electron chi connectivity index (χ4n) is 2.71. The smallest absolute Gasteiger partial charge is 0.410 e. The molecule has 3 nitrogen and oxygen atoms in total. The number of hydrogen-bond donors (Lipinski definition) is 0. The van der Waals surface area contributed by atoms with Crippen LogP contribution >= 0.6 is 0 Å². The molecule has 1 saturated carbocycles. The lowest BCUT2D eigenvalue weighted by Crippen LogP contribution is -2.37. The highest BCUT2D eigenvalue weighted by Crippen LogP contribution is 2.37. The molecule has 4 heteroatoms.